The number of carbonyl (C=O) groups excluding carboxylic acids is 1. The average Bonchev–Trinajstić information content (AvgIpc) is 3.02. The van der Waals surface area contributed by atoms with Gasteiger partial charge < -0.3 is 15.3 Å². The summed E-state index contributed by atoms with van der Waals surface area (Å²) in [5.41, 5.74) is 1.49. The molecular weight excluding hydrogens is 351 g/mol. The molecule has 0 aliphatic carbocycles. The molecule has 8 heteroatoms. The Balaban J connectivity index is 2.07. The lowest BCUT2D eigenvalue weighted by Gasteiger charge is -2.22. The SMILES string of the molecule is CCn1cc(NC(=O)N(CCCO)Cc2ccc(Cl)c(Cl)c2)cn1. The molecule has 0 saturated heterocycles. The third-order valence-corrected chi connectivity index (χ3v) is 4.18. The number of aliphatic hydroxyl groups is 1. The van der Waals surface area contributed by atoms with Gasteiger partial charge >= 0.3 is 6.03 Å². The number of hydrogen-bond donors (Lipinski definition) is 2. The van der Waals surface area contributed by atoms with Crippen molar-refractivity contribution in [2.75, 3.05) is 18.5 Å². The van der Waals surface area contributed by atoms with Crippen molar-refractivity contribution in [2.45, 2.75) is 26.4 Å². The maximum absolute atomic E-state index is 12.5. The number of nitrogens with one attached hydrogen (secondary N) is 1. The van der Waals surface area contributed by atoms with Crippen LogP contribution in [0.3, 0.4) is 0 Å². The first kappa shape index (κ1) is 18.6. The van der Waals surface area contributed by atoms with Gasteiger partial charge in [-0.15, -0.1) is 0 Å². The molecule has 1 aromatic heterocycles. The van der Waals surface area contributed by atoms with E-state index in [1.165, 1.54) is 0 Å². The summed E-state index contributed by atoms with van der Waals surface area (Å²) in [5, 5.41) is 16.9. The van der Waals surface area contributed by atoms with E-state index in [0.717, 1.165) is 12.1 Å². The number of hydrogen-bond acceptors (Lipinski definition) is 3. The fourth-order valence-corrected chi connectivity index (χ4v) is 2.50. The van der Waals surface area contributed by atoms with Gasteiger partial charge in [0.15, 0.2) is 0 Å². The van der Waals surface area contributed by atoms with E-state index in [1.807, 2.05) is 13.0 Å². The van der Waals surface area contributed by atoms with Crippen LogP contribution in [0.25, 0.3) is 0 Å². The molecule has 6 nitrogen and oxygen atoms in total. The third-order valence-electron chi connectivity index (χ3n) is 3.44. The Labute approximate surface area is 151 Å². The lowest BCUT2D eigenvalue weighted by atomic mass is 10.2. The number of rotatable bonds is 7. The van der Waals surface area contributed by atoms with Crippen LogP contribution in [-0.4, -0.2) is 39.0 Å². The standard InChI is InChI=1S/C16H20Cl2N4O2/c1-2-22-11-13(9-19-22)20-16(24)21(6-3-7-23)10-12-4-5-14(17)15(18)8-12/h4-5,8-9,11,23H,2-3,6-7,10H2,1H3,(H,20,24). The number of aliphatic hydroxyl groups excluding tert-OH is 1. The van der Waals surface area contributed by atoms with Crippen molar-refractivity contribution in [3.05, 3.63) is 46.2 Å². The lowest BCUT2D eigenvalue weighted by Crippen LogP contribution is -2.35. The second-order valence-electron chi connectivity index (χ2n) is 5.26. The van der Waals surface area contributed by atoms with E-state index in [4.69, 9.17) is 28.3 Å². The van der Waals surface area contributed by atoms with Crippen molar-refractivity contribution in [3.63, 3.8) is 0 Å². The van der Waals surface area contributed by atoms with E-state index < -0.39 is 0 Å². The number of amides is 2. The van der Waals surface area contributed by atoms with Crippen molar-refractivity contribution in [2.24, 2.45) is 0 Å². The highest BCUT2D eigenvalue weighted by Gasteiger charge is 2.15. The Morgan fingerprint density at radius 3 is 2.79 bits per heavy atom. The number of urea groups is 1. The van der Waals surface area contributed by atoms with Crippen LogP contribution in [-0.2, 0) is 13.1 Å². The van der Waals surface area contributed by atoms with Crippen molar-refractivity contribution >= 4 is 34.9 Å². The molecule has 0 radical (unpaired) electrons. The largest absolute Gasteiger partial charge is 0.396 e. The molecule has 2 rings (SSSR count). The van der Waals surface area contributed by atoms with E-state index >= 15 is 0 Å². The van der Waals surface area contributed by atoms with E-state index in [9.17, 15) is 4.79 Å². The minimum absolute atomic E-state index is 0.0128. The highest BCUT2D eigenvalue weighted by molar-refractivity contribution is 6.42. The van der Waals surface area contributed by atoms with Gasteiger partial charge in [-0.3, -0.25) is 4.68 Å². The molecule has 2 amide bonds. The fourth-order valence-electron chi connectivity index (χ4n) is 2.18. The van der Waals surface area contributed by atoms with E-state index in [0.29, 0.717) is 35.2 Å². The van der Waals surface area contributed by atoms with Crippen LogP contribution in [0, 0.1) is 0 Å². The first-order valence-electron chi connectivity index (χ1n) is 7.66. The van der Waals surface area contributed by atoms with Gasteiger partial charge in [-0.1, -0.05) is 29.3 Å². The van der Waals surface area contributed by atoms with Crippen molar-refractivity contribution in [3.8, 4) is 0 Å². The Morgan fingerprint density at radius 2 is 2.17 bits per heavy atom. The van der Waals surface area contributed by atoms with Crippen LogP contribution in [0.4, 0.5) is 10.5 Å². The molecule has 0 aliphatic heterocycles. The van der Waals surface area contributed by atoms with E-state index in [2.05, 4.69) is 10.4 Å². The summed E-state index contributed by atoms with van der Waals surface area (Å²) in [6.07, 6.45) is 3.86. The third kappa shape index (κ3) is 5.12. The molecule has 24 heavy (non-hydrogen) atoms. The van der Waals surface area contributed by atoms with Crippen LogP contribution in [0.1, 0.15) is 18.9 Å². The van der Waals surface area contributed by atoms with Crippen LogP contribution in [0.5, 0.6) is 0 Å². The molecular formula is C16H20Cl2N4O2. The topological polar surface area (TPSA) is 70.4 Å². The molecule has 2 N–H and O–H groups in total. The van der Waals surface area contributed by atoms with Crippen LogP contribution in [0.2, 0.25) is 10.0 Å². The smallest absolute Gasteiger partial charge is 0.322 e. The minimum Gasteiger partial charge on any atom is -0.396 e. The summed E-state index contributed by atoms with van der Waals surface area (Å²) >= 11 is 11.9. The highest BCUT2D eigenvalue weighted by Crippen LogP contribution is 2.23. The summed E-state index contributed by atoms with van der Waals surface area (Å²) in [5.74, 6) is 0. The molecule has 0 saturated carbocycles. The fraction of sp³-hybridized carbons (Fsp3) is 0.375. The van der Waals surface area contributed by atoms with E-state index in [1.54, 1.807) is 34.1 Å². The molecule has 1 heterocycles. The van der Waals surface area contributed by atoms with Gasteiger partial charge in [-0.05, 0) is 31.0 Å². The predicted octanol–water partition coefficient (Wildman–Crippen LogP) is 3.63. The number of aryl methyl sites for hydroxylation is 1. The molecule has 1 aromatic carbocycles. The quantitative estimate of drug-likeness (QED) is 0.781. The maximum atomic E-state index is 12.5. The van der Waals surface area contributed by atoms with Gasteiger partial charge in [-0.25, -0.2) is 4.79 Å². The molecule has 0 bridgehead atoms. The zero-order valence-electron chi connectivity index (χ0n) is 13.4. The van der Waals surface area contributed by atoms with Crippen LogP contribution in [0.15, 0.2) is 30.6 Å². The molecule has 130 valence electrons. The van der Waals surface area contributed by atoms with Gasteiger partial charge in [0.2, 0.25) is 0 Å². The van der Waals surface area contributed by atoms with Gasteiger partial charge in [-0.2, -0.15) is 5.10 Å². The Kier molecular flexibility index (Phi) is 6.90. The van der Waals surface area contributed by atoms with Gasteiger partial charge in [0.05, 0.1) is 21.9 Å². The summed E-state index contributed by atoms with van der Waals surface area (Å²) in [6, 6.07) is 5.00. The number of anilines is 1. The van der Waals surface area contributed by atoms with Gasteiger partial charge in [0.1, 0.15) is 0 Å². The molecule has 0 fully saturated rings. The molecule has 0 atom stereocenters. The van der Waals surface area contributed by atoms with Crippen molar-refractivity contribution in [1.29, 1.82) is 0 Å². The number of carbonyl (C=O) groups is 1. The Morgan fingerprint density at radius 1 is 1.38 bits per heavy atom. The second kappa shape index (κ2) is 8.92. The predicted molar refractivity (Wildman–Crippen MR) is 95.5 cm³/mol. The van der Waals surface area contributed by atoms with E-state index in [-0.39, 0.29) is 12.6 Å². The second-order valence-corrected chi connectivity index (χ2v) is 6.08. The monoisotopic (exact) mass is 370 g/mol. The van der Waals surface area contributed by atoms with Crippen LogP contribution >= 0.6 is 23.2 Å². The summed E-state index contributed by atoms with van der Waals surface area (Å²) in [6.45, 7) is 3.50. The molecule has 2 aromatic rings. The minimum atomic E-state index is -0.259. The molecule has 0 spiro atoms. The first-order chi connectivity index (χ1) is 11.5. The zero-order valence-corrected chi connectivity index (χ0v) is 14.9. The average molecular weight is 371 g/mol. The van der Waals surface area contributed by atoms with Crippen molar-refractivity contribution in [1.82, 2.24) is 14.7 Å². The van der Waals surface area contributed by atoms with Crippen molar-refractivity contribution < 1.29 is 9.90 Å². The normalized spacial score (nSPS) is 10.7. The summed E-state index contributed by atoms with van der Waals surface area (Å²) in [4.78, 5) is 14.1. The number of aromatic nitrogens is 2. The Bertz CT molecular complexity index is 690. The molecule has 0 unspecified atom stereocenters. The zero-order chi connectivity index (χ0) is 17.5. The number of halogens is 2. The highest BCUT2D eigenvalue weighted by atomic mass is 35.5. The van der Waals surface area contributed by atoms with Gasteiger partial charge in [0.25, 0.3) is 0 Å². The summed E-state index contributed by atoms with van der Waals surface area (Å²) < 4.78 is 1.73. The molecule has 0 aliphatic rings. The lowest BCUT2D eigenvalue weighted by molar-refractivity contribution is 0.199. The Hall–Kier alpha value is -1.76. The number of benzene rings is 1. The van der Waals surface area contributed by atoms with Gasteiger partial charge in [0, 0.05) is 32.4 Å². The first-order valence-corrected chi connectivity index (χ1v) is 8.42. The number of nitrogens with zero attached hydrogens (tertiary/aromatic N) is 3. The maximum Gasteiger partial charge on any atom is 0.322 e. The van der Waals surface area contributed by atoms with Crippen LogP contribution < -0.4 is 5.32 Å². The summed E-state index contributed by atoms with van der Waals surface area (Å²) in [7, 11) is 0.